The van der Waals surface area contributed by atoms with Crippen LogP contribution in [0.2, 0.25) is 0 Å². The molecule has 0 amide bonds. The predicted octanol–water partition coefficient (Wildman–Crippen LogP) is 0.0535. The molecular formula is C10H14O5S. The Hall–Kier alpha value is -0.950. The van der Waals surface area contributed by atoms with Gasteiger partial charge in [0, 0.05) is 0 Å². The number of aryl methyl sites for hydroxylation is 1. The topological polar surface area (TPSA) is 83.8 Å². The van der Waals surface area contributed by atoms with Crippen LogP contribution in [0.5, 0.6) is 0 Å². The Morgan fingerprint density at radius 2 is 1.88 bits per heavy atom. The minimum Gasteiger partial charge on any atom is -0.394 e. The van der Waals surface area contributed by atoms with E-state index in [9.17, 15) is 8.42 Å². The minimum absolute atomic E-state index is 0.0308. The van der Waals surface area contributed by atoms with Gasteiger partial charge in [-0.05, 0) is 19.1 Å². The summed E-state index contributed by atoms with van der Waals surface area (Å²) in [5, 5.41) is 17.5. The van der Waals surface area contributed by atoms with E-state index in [4.69, 9.17) is 10.2 Å². The third-order valence-corrected chi connectivity index (χ3v) is 3.23. The zero-order valence-corrected chi connectivity index (χ0v) is 9.64. The lowest BCUT2D eigenvalue weighted by Crippen LogP contribution is -2.22. The quantitative estimate of drug-likeness (QED) is 0.717. The van der Waals surface area contributed by atoms with Gasteiger partial charge in [0.25, 0.3) is 10.1 Å². The summed E-state index contributed by atoms with van der Waals surface area (Å²) in [6.45, 7) is 0.850. The SMILES string of the molecule is Cc1ccc(S(=O)(=O)OC[C@@H](O)CO)cc1. The molecule has 0 aliphatic rings. The summed E-state index contributed by atoms with van der Waals surface area (Å²) in [4.78, 5) is 0.0308. The third-order valence-electron chi connectivity index (χ3n) is 1.94. The number of aliphatic hydroxyl groups excluding tert-OH is 2. The molecule has 5 nitrogen and oxygen atoms in total. The smallest absolute Gasteiger partial charge is 0.297 e. The first-order valence-corrected chi connectivity index (χ1v) is 6.11. The molecule has 0 aliphatic heterocycles. The molecule has 1 aromatic carbocycles. The Morgan fingerprint density at radius 1 is 1.31 bits per heavy atom. The van der Waals surface area contributed by atoms with Crippen LogP contribution in [-0.4, -0.2) is 37.9 Å². The maximum absolute atomic E-state index is 11.5. The fourth-order valence-corrected chi connectivity index (χ4v) is 1.94. The predicted molar refractivity (Wildman–Crippen MR) is 57.4 cm³/mol. The summed E-state index contributed by atoms with van der Waals surface area (Å²) in [5.41, 5.74) is 0.939. The van der Waals surface area contributed by atoms with E-state index in [1.54, 1.807) is 12.1 Å². The molecule has 1 rings (SSSR count). The Balaban J connectivity index is 2.74. The average Bonchev–Trinajstić information content (AvgIpc) is 2.26. The standard InChI is InChI=1S/C10H14O5S/c1-8-2-4-10(5-3-8)16(13,14)15-7-9(12)6-11/h2-5,9,11-12H,6-7H2,1H3/t9-/m0/s1. The molecule has 6 heteroatoms. The second-order valence-electron chi connectivity index (χ2n) is 3.39. The van der Waals surface area contributed by atoms with Crippen molar-refractivity contribution < 1.29 is 22.8 Å². The summed E-state index contributed by atoms with van der Waals surface area (Å²) < 4.78 is 27.7. The molecule has 0 radical (unpaired) electrons. The lowest BCUT2D eigenvalue weighted by atomic mass is 10.2. The highest BCUT2D eigenvalue weighted by Gasteiger charge is 2.16. The Bertz CT molecular complexity index is 423. The van der Waals surface area contributed by atoms with Crippen molar-refractivity contribution in [3.63, 3.8) is 0 Å². The minimum atomic E-state index is -3.85. The molecule has 0 spiro atoms. The molecule has 1 aromatic rings. The van der Waals surface area contributed by atoms with Crippen LogP contribution >= 0.6 is 0 Å². The number of rotatable bonds is 5. The molecule has 0 saturated carbocycles. The van der Waals surface area contributed by atoms with Gasteiger partial charge in [0.15, 0.2) is 0 Å². The number of hydrogen-bond donors (Lipinski definition) is 2. The van der Waals surface area contributed by atoms with E-state index >= 15 is 0 Å². The van der Waals surface area contributed by atoms with Crippen LogP contribution in [0.4, 0.5) is 0 Å². The van der Waals surface area contributed by atoms with Crippen molar-refractivity contribution in [2.75, 3.05) is 13.2 Å². The summed E-state index contributed by atoms with van der Waals surface area (Å²) in [6.07, 6.45) is -1.19. The molecule has 90 valence electrons. The van der Waals surface area contributed by atoms with Crippen molar-refractivity contribution in [3.8, 4) is 0 Å². The average molecular weight is 246 g/mol. The highest BCUT2D eigenvalue weighted by Crippen LogP contribution is 2.13. The van der Waals surface area contributed by atoms with Crippen LogP contribution in [-0.2, 0) is 14.3 Å². The summed E-state index contributed by atoms with van der Waals surface area (Å²) in [5.74, 6) is 0. The van der Waals surface area contributed by atoms with Gasteiger partial charge < -0.3 is 10.2 Å². The van der Waals surface area contributed by atoms with Crippen molar-refractivity contribution in [2.45, 2.75) is 17.9 Å². The highest BCUT2D eigenvalue weighted by molar-refractivity contribution is 7.86. The fourth-order valence-electron chi connectivity index (χ4n) is 0.994. The molecule has 0 fully saturated rings. The van der Waals surface area contributed by atoms with Gasteiger partial charge >= 0.3 is 0 Å². The number of benzene rings is 1. The zero-order valence-electron chi connectivity index (χ0n) is 8.83. The molecule has 0 aromatic heterocycles. The van der Waals surface area contributed by atoms with Gasteiger partial charge in [0.05, 0.1) is 18.1 Å². The van der Waals surface area contributed by atoms with E-state index in [1.165, 1.54) is 12.1 Å². The molecule has 0 saturated heterocycles. The highest BCUT2D eigenvalue weighted by atomic mass is 32.2. The van der Waals surface area contributed by atoms with Crippen LogP contribution in [0.3, 0.4) is 0 Å². The van der Waals surface area contributed by atoms with Crippen molar-refractivity contribution in [2.24, 2.45) is 0 Å². The van der Waals surface area contributed by atoms with E-state index in [0.29, 0.717) is 0 Å². The van der Waals surface area contributed by atoms with Gasteiger partial charge in [-0.2, -0.15) is 8.42 Å². The third kappa shape index (κ3) is 3.57. The van der Waals surface area contributed by atoms with E-state index in [2.05, 4.69) is 4.18 Å². The molecule has 1 atom stereocenters. The first kappa shape index (κ1) is 13.1. The lowest BCUT2D eigenvalue weighted by Gasteiger charge is -2.08. The van der Waals surface area contributed by atoms with Gasteiger partial charge in [-0.15, -0.1) is 0 Å². The zero-order chi connectivity index (χ0) is 12.2. The van der Waals surface area contributed by atoms with Crippen LogP contribution in [0.1, 0.15) is 5.56 Å². The molecule has 16 heavy (non-hydrogen) atoms. The van der Waals surface area contributed by atoms with Crippen molar-refractivity contribution in [1.82, 2.24) is 0 Å². The molecule has 0 unspecified atom stereocenters. The molecule has 2 N–H and O–H groups in total. The summed E-state index contributed by atoms with van der Waals surface area (Å²) in [7, 11) is -3.85. The normalized spacial score (nSPS) is 13.7. The molecule has 0 aliphatic carbocycles. The molecule has 0 bridgehead atoms. The Labute approximate surface area is 94.4 Å². The van der Waals surface area contributed by atoms with Crippen molar-refractivity contribution in [3.05, 3.63) is 29.8 Å². The first-order chi connectivity index (χ1) is 7.45. The molecule has 0 heterocycles. The number of hydrogen-bond acceptors (Lipinski definition) is 5. The second-order valence-corrected chi connectivity index (χ2v) is 5.00. The van der Waals surface area contributed by atoms with Crippen LogP contribution in [0.15, 0.2) is 29.2 Å². The largest absolute Gasteiger partial charge is 0.394 e. The summed E-state index contributed by atoms with van der Waals surface area (Å²) in [6, 6.07) is 6.16. The van der Waals surface area contributed by atoms with Gasteiger partial charge in [0.2, 0.25) is 0 Å². The maximum atomic E-state index is 11.5. The second kappa shape index (κ2) is 5.40. The van der Waals surface area contributed by atoms with Crippen molar-refractivity contribution in [1.29, 1.82) is 0 Å². The molecular weight excluding hydrogens is 232 g/mol. The van der Waals surface area contributed by atoms with Gasteiger partial charge in [-0.1, -0.05) is 17.7 Å². The van der Waals surface area contributed by atoms with Crippen LogP contribution < -0.4 is 0 Å². The first-order valence-electron chi connectivity index (χ1n) is 4.71. The summed E-state index contributed by atoms with van der Waals surface area (Å²) >= 11 is 0. The Kier molecular flexibility index (Phi) is 4.43. The monoisotopic (exact) mass is 246 g/mol. The Morgan fingerprint density at radius 3 is 2.38 bits per heavy atom. The van der Waals surface area contributed by atoms with Gasteiger partial charge in [-0.25, -0.2) is 0 Å². The van der Waals surface area contributed by atoms with E-state index < -0.39 is 29.4 Å². The van der Waals surface area contributed by atoms with Crippen molar-refractivity contribution >= 4 is 10.1 Å². The van der Waals surface area contributed by atoms with Gasteiger partial charge in [0.1, 0.15) is 6.10 Å². The number of aliphatic hydroxyl groups is 2. The van der Waals surface area contributed by atoms with E-state index in [0.717, 1.165) is 5.56 Å². The van der Waals surface area contributed by atoms with E-state index in [-0.39, 0.29) is 4.90 Å². The van der Waals surface area contributed by atoms with Crippen LogP contribution in [0.25, 0.3) is 0 Å². The van der Waals surface area contributed by atoms with Gasteiger partial charge in [-0.3, -0.25) is 4.18 Å². The lowest BCUT2D eigenvalue weighted by molar-refractivity contribution is 0.0557. The van der Waals surface area contributed by atoms with E-state index in [1.807, 2.05) is 6.92 Å². The maximum Gasteiger partial charge on any atom is 0.297 e. The fraction of sp³-hybridized carbons (Fsp3) is 0.400. The van der Waals surface area contributed by atoms with Crippen LogP contribution in [0, 0.1) is 6.92 Å².